The number of anilines is 1. The van der Waals surface area contributed by atoms with E-state index in [-0.39, 0.29) is 5.91 Å². The molecule has 1 aromatic rings. The van der Waals surface area contributed by atoms with E-state index in [9.17, 15) is 9.59 Å². The van der Waals surface area contributed by atoms with Crippen molar-refractivity contribution < 1.29 is 28.4 Å². The molecule has 0 heterocycles. The van der Waals surface area contributed by atoms with Crippen molar-refractivity contribution in [2.75, 3.05) is 24.7 Å². The largest absolute Gasteiger partial charge is 0.471 e. The van der Waals surface area contributed by atoms with Gasteiger partial charge in [0.15, 0.2) is 0 Å². The van der Waals surface area contributed by atoms with Crippen LogP contribution >= 0.6 is 12.0 Å². The van der Waals surface area contributed by atoms with Gasteiger partial charge in [0.1, 0.15) is 5.75 Å². The first kappa shape index (κ1) is 23.6. The second kappa shape index (κ2) is 16.7. The van der Waals surface area contributed by atoms with Crippen molar-refractivity contribution in [3.05, 3.63) is 24.3 Å². The van der Waals surface area contributed by atoms with Gasteiger partial charge < -0.3 is 24.7 Å². The van der Waals surface area contributed by atoms with Gasteiger partial charge >= 0.3 is 6.09 Å². The molecule has 0 aliphatic rings. The summed E-state index contributed by atoms with van der Waals surface area (Å²) >= 11 is 0.647. The number of benzene rings is 1. The molecule has 0 saturated heterocycles. The summed E-state index contributed by atoms with van der Waals surface area (Å²) in [6, 6.07) is 6.42. The molecule has 2 amide bonds. The Labute approximate surface area is 145 Å². The molecule has 0 bridgehead atoms. The van der Waals surface area contributed by atoms with Crippen LogP contribution in [0.1, 0.15) is 6.92 Å². The van der Waals surface area contributed by atoms with Gasteiger partial charge in [0.05, 0.1) is 7.11 Å². The number of nitrogens with one attached hydrogen (secondary N) is 2. The van der Waals surface area contributed by atoms with E-state index in [0.29, 0.717) is 42.2 Å². The van der Waals surface area contributed by atoms with E-state index in [2.05, 4.69) is 28.2 Å². The highest BCUT2D eigenvalue weighted by molar-refractivity contribution is 7.93. The number of amides is 2. The van der Waals surface area contributed by atoms with Gasteiger partial charge in [0.25, 0.3) is 6.47 Å². The monoisotopic (exact) mass is 356 g/mol. The summed E-state index contributed by atoms with van der Waals surface area (Å²) in [5, 5.41) is 5.07. The van der Waals surface area contributed by atoms with Gasteiger partial charge in [0, 0.05) is 24.9 Å². The molecule has 8 nitrogen and oxygen atoms in total. The van der Waals surface area contributed by atoms with Gasteiger partial charge in [-0.15, -0.1) is 12.8 Å². The van der Waals surface area contributed by atoms with E-state index < -0.39 is 6.09 Å². The van der Waals surface area contributed by atoms with Crippen molar-refractivity contribution in [3.63, 3.8) is 0 Å². The molecule has 1 rings (SSSR count). The van der Waals surface area contributed by atoms with E-state index in [0.717, 1.165) is 0 Å². The zero-order chi connectivity index (χ0) is 18.8. The first-order valence-corrected chi connectivity index (χ1v) is 7.37. The molecular formula is C15H20N2O6S. The van der Waals surface area contributed by atoms with Crippen molar-refractivity contribution in [2.24, 2.45) is 0 Å². The molecule has 132 valence electrons. The van der Waals surface area contributed by atoms with Gasteiger partial charge in [-0.2, -0.15) is 0 Å². The molecule has 0 spiro atoms. The van der Waals surface area contributed by atoms with Crippen LogP contribution in [0.15, 0.2) is 24.3 Å². The number of rotatable bonds is 6. The number of carbonyl (C=O) groups is 3. The Hall–Kier alpha value is -2.70. The smallest absolute Gasteiger partial charge is 0.412 e. The number of carbonyl (C=O) groups excluding carboxylic acids is 3. The maximum absolute atomic E-state index is 11.3. The zero-order valence-electron chi connectivity index (χ0n) is 13.4. The molecule has 0 saturated carbocycles. The Balaban J connectivity index is 0. The Morgan fingerprint density at radius 2 is 1.83 bits per heavy atom. The Morgan fingerprint density at radius 3 is 2.25 bits per heavy atom. The molecule has 1 aromatic carbocycles. The van der Waals surface area contributed by atoms with Gasteiger partial charge in [-0.25, -0.2) is 4.79 Å². The molecule has 9 heteroatoms. The second-order valence-electron chi connectivity index (χ2n) is 3.69. The summed E-state index contributed by atoms with van der Waals surface area (Å²) in [7, 11) is 1.31. The summed E-state index contributed by atoms with van der Waals surface area (Å²) in [5.74, 6) is 0.609. The number of hydrogen-bond donors (Lipinski definition) is 3. The van der Waals surface area contributed by atoms with Crippen LogP contribution in [0.25, 0.3) is 0 Å². The minimum Gasteiger partial charge on any atom is -0.471 e. The minimum absolute atomic E-state index is 0.164. The fourth-order valence-corrected chi connectivity index (χ4v) is 1.34. The first-order valence-electron chi connectivity index (χ1n) is 6.43. The predicted molar refractivity (Wildman–Crippen MR) is 92.8 cm³/mol. The number of terminal acetylenes is 1. The van der Waals surface area contributed by atoms with Crippen molar-refractivity contribution in [3.8, 4) is 18.6 Å². The average molecular weight is 356 g/mol. The minimum atomic E-state index is -0.587. The van der Waals surface area contributed by atoms with Crippen LogP contribution in [-0.2, 0) is 14.3 Å². The zero-order valence-corrected chi connectivity index (χ0v) is 14.2. The standard InChI is InChI=1S/C11H14N2O4S.C2H4O2.C2H2/c1-8(14)13-9-2-4-10(5-3-9)17-11(15)12-6-7-18-16;1-4-2-3;1-2/h2-5,16H,6-7H2,1H3,(H,12,15)(H,13,14);2H,1H3;1-2H. The van der Waals surface area contributed by atoms with Gasteiger partial charge in [-0.05, 0) is 36.3 Å². The summed E-state index contributed by atoms with van der Waals surface area (Å²) in [4.78, 5) is 31.0. The van der Waals surface area contributed by atoms with Crippen LogP contribution in [0.3, 0.4) is 0 Å². The van der Waals surface area contributed by atoms with E-state index in [1.807, 2.05) is 0 Å². The molecule has 0 unspecified atom stereocenters. The molecule has 0 aromatic heterocycles. The average Bonchev–Trinajstić information content (AvgIpc) is 2.58. The van der Waals surface area contributed by atoms with E-state index in [1.165, 1.54) is 14.0 Å². The Bertz CT molecular complexity index is 504. The lowest BCUT2D eigenvalue weighted by Crippen LogP contribution is -2.28. The van der Waals surface area contributed by atoms with E-state index in [4.69, 9.17) is 14.1 Å². The Morgan fingerprint density at radius 1 is 1.29 bits per heavy atom. The van der Waals surface area contributed by atoms with Crippen LogP contribution < -0.4 is 15.4 Å². The summed E-state index contributed by atoms with van der Waals surface area (Å²) in [5.41, 5.74) is 0.631. The highest BCUT2D eigenvalue weighted by Gasteiger charge is 2.03. The van der Waals surface area contributed by atoms with Crippen LogP contribution in [-0.4, -0.2) is 42.4 Å². The maximum atomic E-state index is 11.3. The molecule has 24 heavy (non-hydrogen) atoms. The normalized spacial score (nSPS) is 8.21. The number of ether oxygens (including phenoxy) is 2. The third-order valence-corrected chi connectivity index (χ3v) is 2.33. The topological polar surface area (TPSA) is 114 Å². The Kier molecular flexibility index (Phi) is 16.4. The highest BCUT2D eigenvalue weighted by Crippen LogP contribution is 2.15. The van der Waals surface area contributed by atoms with Crippen LogP contribution in [0, 0.1) is 12.8 Å². The van der Waals surface area contributed by atoms with Crippen molar-refractivity contribution in [2.45, 2.75) is 6.92 Å². The summed E-state index contributed by atoms with van der Waals surface area (Å²) in [6.45, 7) is 2.11. The summed E-state index contributed by atoms with van der Waals surface area (Å²) < 4.78 is 17.3. The molecule has 0 atom stereocenters. The van der Waals surface area contributed by atoms with Crippen LogP contribution in [0.4, 0.5) is 10.5 Å². The van der Waals surface area contributed by atoms with E-state index in [1.54, 1.807) is 24.3 Å². The third-order valence-electron chi connectivity index (χ3n) is 1.94. The number of methoxy groups -OCH3 is 1. The fourth-order valence-electron chi connectivity index (χ4n) is 1.15. The molecule has 0 radical (unpaired) electrons. The first-order chi connectivity index (χ1) is 11.5. The molecular weight excluding hydrogens is 336 g/mol. The van der Waals surface area contributed by atoms with Crippen molar-refractivity contribution in [1.82, 2.24) is 5.32 Å². The lowest BCUT2D eigenvalue weighted by atomic mass is 10.3. The molecule has 0 aliphatic heterocycles. The second-order valence-corrected chi connectivity index (χ2v) is 4.35. The fraction of sp³-hybridized carbons (Fsp3) is 0.267. The number of hydrogen-bond acceptors (Lipinski definition) is 7. The van der Waals surface area contributed by atoms with Crippen molar-refractivity contribution in [1.29, 1.82) is 0 Å². The van der Waals surface area contributed by atoms with Gasteiger partial charge in [0.2, 0.25) is 5.91 Å². The molecule has 0 fully saturated rings. The van der Waals surface area contributed by atoms with Crippen LogP contribution in [0.2, 0.25) is 0 Å². The lowest BCUT2D eigenvalue weighted by molar-refractivity contribution is -0.126. The highest BCUT2D eigenvalue weighted by atomic mass is 32.2. The van der Waals surface area contributed by atoms with Gasteiger partial charge in [-0.1, -0.05) is 0 Å². The predicted octanol–water partition coefficient (Wildman–Crippen LogP) is 1.98. The molecule has 3 N–H and O–H groups in total. The van der Waals surface area contributed by atoms with E-state index >= 15 is 0 Å². The maximum Gasteiger partial charge on any atom is 0.412 e. The van der Waals surface area contributed by atoms with Crippen molar-refractivity contribution >= 4 is 36.2 Å². The third kappa shape index (κ3) is 14.2. The van der Waals surface area contributed by atoms with Gasteiger partial charge in [-0.3, -0.25) is 9.59 Å². The SMILES string of the molecule is C#C.CC(=O)Nc1ccc(OC(=O)NCCSO)cc1.COC=O. The summed E-state index contributed by atoms with van der Waals surface area (Å²) in [6.07, 6.45) is 7.41. The molecule has 0 aliphatic carbocycles. The quantitative estimate of drug-likeness (QED) is 0.309. The van der Waals surface area contributed by atoms with Crippen LogP contribution in [0.5, 0.6) is 5.75 Å². The lowest BCUT2D eigenvalue weighted by Gasteiger charge is -2.06.